The van der Waals surface area contributed by atoms with Gasteiger partial charge in [-0.25, -0.2) is 0 Å². The molecule has 3 atom stereocenters. The Hall–Kier alpha value is -0.250. The Kier molecular flexibility index (Phi) is 5.15. The summed E-state index contributed by atoms with van der Waals surface area (Å²) in [5.74, 6) is -1.74. The van der Waals surface area contributed by atoms with E-state index in [9.17, 15) is 18.3 Å². The maximum absolute atomic E-state index is 13.1. The topological polar surface area (TPSA) is 20.2 Å². The second-order valence-corrected chi connectivity index (χ2v) is 6.34. The molecule has 0 saturated heterocycles. The van der Waals surface area contributed by atoms with Gasteiger partial charge in [-0.1, -0.05) is 38.5 Å². The molecule has 2 aliphatic rings. The zero-order valence-electron chi connectivity index (χ0n) is 11.5. The van der Waals surface area contributed by atoms with Crippen molar-refractivity contribution in [3.63, 3.8) is 0 Å². The van der Waals surface area contributed by atoms with Gasteiger partial charge in [0.15, 0.2) is 0 Å². The lowest BCUT2D eigenvalue weighted by Crippen LogP contribution is -2.42. The third-order valence-corrected chi connectivity index (χ3v) is 5.06. The third kappa shape index (κ3) is 3.87. The van der Waals surface area contributed by atoms with Gasteiger partial charge < -0.3 is 5.11 Å². The molecule has 0 spiro atoms. The standard InChI is InChI=1S/C15H25F3O/c16-15(17,18)13-10-6-5-9-12(13)14(19)11-7-3-1-2-4-8-11/h11-14,19H,1-10H2. The average molecular weight is 278 g/mol. The van der Waals surface area contributed by atoms with Crippen molar-refractivity contribution in [3.8, 4) is 0 Å². The molecule has 0 aliphatic heterocycles. The predicted octanol–water partition coefficient (Wildman–Crippen LogP) is 4.69. The van der Waals surface area contributed by atoms with Crippen LogP contribution < -0.4 is 0 Å². The summed E-state index contributed by atoms with van der Waals surface area (Å²) in [4.78, 5) is 0. The van der Waals surface area contributed by atoms with Crippen LogP contribution in [0.4, 0.5) is 13.2 Å². The molecular formula is C15H25F3O. The van der Waals surface area contributed by atoms with Crippen molar-refractivity contribution in [2.24, 2.45) is 17.8 Å². The molecule has 2 aliphatic carbocycles. The van der Waals surface area contributed by atoms with Crippen LogP contribution in [0.25, 0.3) is 0 Å². The van der Waals surface area contributed by atoms with Gasteiger partial charge in [-0.2, -0.15) is 13.2 Å². The average Bonchev–Trinajstić information content (AvgIpc) is 2.66. The highest BCUT2D eigenvalue weighted by atomic mass is 19.4. The normalized spacial score (nSPS) is 32.8. The lowest BCUT2D eigenvalue weighted by molar-refractivity contribution is -0.210. The van der Waals surface area contributed by atoms with Gasteiger partial charge in [0.2, 0.25) is 0 Å². The van der Waals surface area contributed by atoms with Crippen molar-refractivity contribution in [1.82, 2.24) is 0 Å². The van der Waals surface area contributed by atoms with E-state index in [1.54, 1.807) is 0 Å². The highest BCUT2D eigenvalue weighted by Crippen LogP contribution is 2.45. The van der Waals surface area contributed by atoms with Crippen LogP contribution in [0.5, 0.6) is 0 Å². The number of rotatable bonds is 2. The molecule has 2 fully saturated rings. The summed E-state index contributed by atoms with van der Waals surface area (Å²) >= 11 is 0. The van der Waals surface area contributed by atoms with Crippen LogP contribution in [0, 0.1) is 17.8 Å². The van der Waals surface area contributed by atoms with Crippen molar-refractivity contribution >= 4 is 0 Å². The Morgan fingerprint density at radius 1 is 0.789 bits per heavy atom. The fourth-order valence-corrected chi connectivity index (χ4v) is 3.98. The molecule has 19 heavy (non-hydrogen) atoms. The minimum Gasteiger partial charge on any atom is -0.393 e. The van der Waals surface area contributed by atoms with Gasteiger partial charge in [-0.05, 0) is 37.5 Å². The van der Waals surface area contributed by atoms with E-state index in [1.165, 1.54) is 0 Å². The number of halogens is 3. The van der Waals surface area contributed by atoms with Gasteiger partial charge in [0.25, 0.3) is 0 Å². The first kappa shape index (κ1) is 15.1. The quantitative estimate of drug-likeness (QED) is 0.727. The van der Waals surface area contributed by atoms with Crippen LogP contribution >= 0.6 is 0 Å². The Morgan fingerprint density at radius 2 is 1.32 bits per heavy atom. The van der Waals surface area contributed by atoms with Gasteiger partial charge in [0.1, 0.15) is 0 Å². The molecule has 4 heteroatoms. The molecule has 1 nitrogen and oxygen atoms in total. The van der Waals surface area contributed by atoms with E-state index in [-0.39, 0.29) is 12.3 Å². The molecule has 112 valence electrons. The molecule has 0 heterocycles. The minimum absolute atomic E-state index is 0.0930. The second-order valence-electron chi connectivity index (χ2n) is 6.34. The molecule has 1 N–H and O–H groups in total. The van der Waals surface area contributed by atoms with Gasteiger partial charge in [-0.15, -0.1) is 0 Å². The molecule has 2 saturated carbocycles. The van der Waals surface area contributed by atoms with Crippen LogP contribution in [0.1, 0.15) is 64.2 Å². The van der Waals surface area contributed by atoms with E-state index in [0.29, 0.717) is 12.8 Å². The summed E-state index contributed by atoms with van der Waals surface area (Å²) in [5.41, 5.74) is 0. The van der Waals surface area contributed by atoms with Gasteiger partial charge >= 0.3 is 6.18 Å². The number of aliphatic hydroxyl groups is 1. The smallest absolute Gasteiger partial charge is 0.392 e. The van der Waals surface area contributed by atoms with Crippen LogP contribution in [-0.2, 0) is 0 Å². The van der Waals surface area contributed by atoms with E-state index in [0.717, 1.165) is 44.9 Å². The van der Waals surface area contributed by atoms with Crippen molar-refractivity contribution in [3.05, 3.63) is 0 Å². The number of aliphatic hydroxyl groups excluding tert-OH is 1. The zero-order chi connectivity index (χ0) is 13.9. The summed E-state index contributed by atoms with van der Waals surface area (Å²) in [6, 6.07) is 0. The summed E-state index contributed by atoms with van der Waals surface area (Å²) in [6.07, 6.45) is 3.61. The fraction of sp³-hybridized carbons (Fsp3) is 1.00. The van der Waals surface area contributed by atoms with Crippen LogP contribution in [0.15, 0.2) is 0 Å². The lowest BCUT2D eigenvalue weighted by Gasteiger charge is -2.38. The molecule has 0 aromatic carbocycles. The minimum atomic E-state index is -4.14. The Bertz CT molecular complexity index is 269. The number of hydrogen-bond donors (Lipinski definition) is 1. The van der Waals surface area contributed by atoms with E-state index in [4.69, 9.17) is 0 Å². The van der Waals surface area contributed by atoms with Gasteiger partial charge in [-0.3, -0.25) is 0 Å². The summed E-state index contributed by atoms with van der Waals surface area (Å²) in [6.45, 7) is 0. The molecule has 0 aromatic heterocycles. The molecular weight excluding hydrogens is 253 g/mol. The molecule has 0 bridgehead atoms. The van der Waals surface area contributed by atoms with Crippen molar-refractivity contribution in [1.29, 1.82) is 0 Å². The molecule has 0 radical (unpaired) electrons. The third-order valence-electron chi connectivity index (χ3n) is 5.06. The summed E-state index contributed by atoms with van der Waals surface area (Å²) in [7, 11) is 0. The molecule has 3 unspecified atom stereocenters. The fourth-order valence-electron chi connectivity index (χ4n) is 3.98. The largest absolute Gasteiger partial charge is 0.393 e. The molecule has 2 rings (SSSR count). The first-order chi connectivity index (χ1) is 9.00. The van der Waals surface area contributed by atoms with Gasteiger partial charge in [0, 0.05) is 0 Å². The maximum atomic E-state index is 13.1. The van der Waals surface area contributed by atoms with Crippen LogP contribution in [0.3, 0.4) is 0 Å². The SMILES string of the molecule is OC(C1CCCCCC1)C1CCCCC1C(F)(F)F. The van der Waals surface area contributed by atoms with Crippen molar-refractivity contribution in [2.45, 2.75) is 76.5 Å². The van der Waals surface area contributed by atoms with Crippen LogP contribution in [-0.4, -0.2) is 17.4 Å². The van der Waals surface area contributed by atoms with Crippen molar-refractivity contribution in [2.75, 3.05) is 0 Å². The molecule has 0 aromatic rings. The summed E-state index contributed by atoms with van der Waals surface area (Å²) in [5, 5.41) is 10.5. The first-order valence-corrected chi connectivity index (χ1v) is 7.75. The van der Waals surface area contributed by atoms with Gasteiger partial charge in [0.05, 0.1) is 12.0 Å². The number of alkyl halides is 3. The van der Waals surface area contributed by atoms with E-state index in [2.05, 4.69) is 0 Å². The second kappa shape index (κ2) is 6.47. The summed E-state index contributed by atoms with van der Waals surface area (Å²) < 4.78 is 39.3. The van der Waals surface area contributed by atoms with E-state index >= 15 is 0 Å². The predicted molar refractivity (Wildman–Crippen MR) is 68.7 cm³/mol. The maximum Gasteiger partial charge on any atom is 0.392 e. The molecule has 0 amide bonds. The first-order valence-electron chi connectivity index (χ1n) is 7.75. The van der Waals surface area contributed by atoms with E-state index < -0.39 is 24.1 Å². The van der Waals surface area contributed by atoms with Crippen molar-refractivity contribution < 1.29 is 18.3 Å². The lowest BCUT2D eigenvalue weighted by atomic mass is 9.71. The van der Waals surface area contributed by atoms with E-state index in [1.807, 2.05) is 0 Å². The number of hydrogen-bond acceptors (Lipinski definition) is 1. The zero-order valence-corrected chi connectivity index (χ0v) is 11.5. The highest BCUT2D eigenvalue weighted by molar-refractivity contribution is 4.88. The Labute approximate surface area is 113 Å². The van der Waals surface area contributed by atoms with Crippen LogP contribution in [0.2, 0.25) is 0 Å². The Morgan fingerprint density at radius 3 is 1.89 bits per heavy atom. The Balaban J connectivity index is 2.03. The highest BCUT2D eigenvalue weighted by Gasteiger charge is 2.48. The monoisotopic (exact) mass is 278 g/mol.